The second-order valence-electron chi connectivity index (χ2n) is 12.0. The average molecular weight is 723 g/mol. The molecule has 4 aromatic carbocycles. The normalized spacial score (nSPS) is 12.1. The standard InChI is InChI=1S/C36H40BrN3O6S/c1-36(2,3)38-35(42)31(22-26-13-8-6-9-14-26)39(24-27-15-12-16-28(37)21-27)34(41)25-40(29-17-10-7-11-18-29)47(43,44)30-19-20-32(45-4)33(23-30)46-5/h6-21,23,31H,22,24-25H2,1-5H3,(H,38,42). The van der Waals surface area contributed by atoms with Crippen molar-refractivity contribution in [2.75, 3.05) is 25.1 Å². The van der Waals surface area contributed by atoms with E-state index in [1.165, 1.54) is 37.3 Å². The van der Waals surface area contributed by atoms with Crippen LogP contribution in [0, 0.1) is 0 Å². The first-order chi connectivity index (χ1) is 22.3. The lowest BCUT2D eigenvalue weighted by atomic mass is 10.0. The number of nitrogens with one attached hydrogen (secondary N) is 1. The number of hydrogen-bond acceptors (Lipinski definition) is 6. The number of carbonyl (C=O) groups is 2. The van der Waals surface area contributed by atoms with Gasteiger partial charge in [-0.05, 0) is 68.3 Å². The van der Waals surface area contributed by atoms with Gasteiger partial charge in [-0.25, -0.2) is 8.42 Å². The third-order valence-electron chi connectivity index (χ3n) is 7.28. The van der Waals surface area contributed by atoms with Crippen molar-refractivity contribution in [3.05, 3.63) is 119 Å². The Labute approximate surface area is 285 Å². The van der Waals surface area contributed by atoms with Crippen molar-refractivity contribution in [2.24, 2.45) is 0 Å². The molecule has 0 fully saturated rings. The highest BCUT2D eigenvalue weighted by Crippen LogP contribution is 2.32. The lowest BCUT2D eigenvalue weighted by Gasteiger charge is -2.35. The second-order valence-corrected chi connectivity index (χ2v) is 14.7. The Hall–Kier alpha value is -4.35. The summed E-state index contributed by atoms with van der Waals surface area (Å²) in [5, 5.41) is 3.04. The summed E-state index contributed by atoms with van der Waals surface area (Å²) in [5.74, 6) is -0.310. The molecular weight excluding hydrogens is 682 g/mol. The zero-order chi connectivity index (χ0) is 34.2. The number of amides is 2. The smallest absolute Gasteiger partial charge is 0.264 e. The van der Waals surface area contributed by atoms with Gasteiger partial charge >= 0.3 is 0 Å². The molecule has 0 radical (unpaired) electrons. The summed E-state index contributed by atoms with van der Waals surface area (Å²) in [5.41, 5.74) is 1.33. The predicted octanol–water partition coefficient (Wildman–Crippen LogP) is 6.22. The van der Waals surface area contributed by atoms with Crippen molar-refractivity contribution in [1.82, 2.24) is 10.2 Å². The van der Waals surface area contributed by atoms with E-state index in [-0.39, 0.29) is 35.2 Å². The van der Waals surface area contributed by atoms with Gasteiger partial charge < -0.3 is 19.7 Å². The average Bonchev–Trinajstić information content (AvgIpc) is 3.04. The minimum Gasteiger partial charge on any atom is -0.493 e. The molecule has 11 heteroatoms. The summed E-state index contributed by atoms with van der Waals surface area (Å²) in [6.07, 6.45) is 0.219. The van der Waals surface area contributed by atoms with E-state index in [4.69, 9.17) is 9.47 Å². The summed E-state index contributed by atoms with van der Waals surface area (Å²) >= 11 is 3.50. The van der Waals surface area contributed by atoms with Gasteiger partial charge in [-0.2, -0.15) is 0 Å². The molecule has 2 amide bonds. The van der Waals surface area contributed by atoms with E-state index in [1.54, 1.807) is 30.3 Å². The lowest BCUT2D eigenvalue weighted by molar-refractivity contribution is -0.140. The van der Waals surface area contributed by atoms with Crippen molar-refractivity contribution in [2.45, 2.75) is 50.2 Å². The van der Waals surface area contributed by atoms with E-state index in [1.807, 2.05) is 75.4 Å². The van der Waals surface area contributed by atoms with Crippen LogP contribution in [0.3, 0.4) is 0 Å². The van der Waals surface area contributed by atoms with E-state index in [2.05, 4.69) is 21.2 Å². The van der Waals surface area contributed by atoms with Gasteiger partial charge in [0.05, 0.1) is 24.8 Å². The molecule has 0 aromatic heterocycles. The number of methoxy groups -OCH3 is 2. The van der Waals surface area contributed by atoms with Gasteiger partial charge in [-0.3, -0.25) is 13.9 Å². The summed E-state index contributed by atoms with van der Waals surface area (Å²) in [4.78, 5) is 30.0. The largest absolute Gasteiger partial charge is 0.493 e. The van der Waals surface area contributed by atoms with Gasteiger partial charge in [0.25, 0.3) is 10.0 Å². The fraction of sp³-hybridized carbons (Fsp3) is 0.278. The fourth-order valence-corrected chi connectivity index (χ4v) is 6.94. The number of para-hydroxylation sites is 1. The Bertz CT molecular complexity index is 1780. The topological polar surface area (TPSA) is 105 Å². The van der Waals surface area contributed by atoms with E-state index in [9.17, 15) is 18.0 Å². The lowest BCUT2D eigenvalue weighted by Crippen LogP contribution is -2.56. The van der Waals surface area contributed by atoms with Crippen molar-refractivity contribution in [3.8, 4) is 11.5 Å². The maximum atomic E-state index is 14.6. The number of carbonyl (C=O) groups excluding carboxylic acids is 2. The summed E-state index contributed by atoms with van der Waals surface area (Å²) in [6, 6.07) is 28.6. The van der Waals surface area contributed by atoms with Gasteiger partial charge in [-0.1, -0.05) is 76.6 Å². The van der Waals surface area contributed by atoms with E-state index in [0.717, 1.165) is 19.9 Å². The van der Waals surface area contributed by atoms with Crippen LogP contribution in [-0.4, -0.2) is 57.5 Å². The predicted molar refractivity (Wildman–Crippen MR) is 187 cm³/mol. The van der Waals surface area contributed by atoms with Crippen molar-refractivity contribution in [1.29, 1.82) is 0 Å². The van der Waals surface area contributed by atoms with Gasteiger partial charge in [0.2, 0.25) is 11.8 Å². The fourth-order valence-electron chi connectivity index (χ4n) is 5.07. The summed E-state index contributed by atoms with van der Waals surface area (Å²) in [7, 11) is -1.43. The van der Waals surface area contributed by atoms with Crippen LogP contribution in [0.4, 0.5) is 5.69 Å². The quantitative estimate of drug-likeness (QED) is 0.176. The molecule has 0 aliphatic carbocycles. The number of hydrogen-bond donors (Lipinski definition) is 1. The van der Waals surface area contributed by atoms with Gasteiger partial charge in [0, 0.05) is 29.0 Å². The van der Waals surface area contributed by atoms with Gasteiger partial charge in [-0.15, -0.1) is 0 Å². The molecule has 248 valence electrons. The monoisotopic (exact) mass is 721 g/mol. The summed E-state index contributed by atoms with van der Waals surface area (Å²) in [6.45, 7) is 5.11. The van der Waals surface area contributed by atoms with Crippen molar-refractivity contribution >= 4 is 43.5 Å². The molecule has 4 aromatic rings. The molecule has 9 nitrogen and oxygen atoms in total. The Morgan fingerprint density at radius 2 is 1.43 bits per heavy atom. The van der Waals surface area contributed by atoms with Crippen molar-refractivity contribution in [3.63, 3.8) is 0 Å². The maximum Gasteiger partial charge on any atom is 0.264 e. The first kappa shape index (κ1) is 35.5. The SMILES string of the molecule is COc1ccc(S(=O)(=O)N(CC(=O)N(Cc2cccc(Br)c2)C(Cc2ccccc2)C(=O)NC(C)(C)C)c2ccccc2)cc1OC. The van der Waals surface area contributed by atoms with Crippen LogP contribution in [0.15, 0.2) is 112 Å². The molecule has 0 aliphatic heterocycles. The molecule has 0 spiro atoms. The number of nitrogens with zero attached hydrogens (tertiary/aromatic N) is 2. The molecule has 1 unspecified atom stereocenters. The van der Waals surface area contributed by atoms with Crippen LogP contribution in [0.1, 0.15) is 31.9 Å². The van der Waals surface area contributed by atoms with E-state index in [0.29, 0.717) is 5.75 Å². The minimum absolute atomic E-state index is 0.0619. The van der Waals surface area contributed by atoms with Crippen LogP contribution < -0.4 is 19.1 Å². The first-order valence-corrected chi connectivity index (χ1v) is 17.3. The number of sulfonamides is 1. The van der Waals surface area contributed by atoms with Crippen LogP contribution in [0.25, 0.3) is 0 Å². The summed E-state index contributed by atoms with van der Waals surface area (Å²) < 4.78 is 41.2. The molecule has 1 atom stereocenters. The molecule has 0 bridgehead atoms. The van der Waals surface area contributed by atoms with Gasteiger partial charge in [0.1, 0.15) is 12.6 Å². The number of benzene rings is 4. The Balaban J connectivity index is 1.82. The second kappa shape index (κ2) is 15.5. The molecule has 47 heavy (non-hydrogen) atoms. The first-order valence-electron chi connectivity index (χ1n) is 15.0. The Morgan fingerprint density at radius 3 is 2.02 bits per heavy atom. The Kier molecular flexibility index (Phi) is 11.7. The molecule has 1 N–H and O–H groups in total. The molecule has 0 aliphatic rings. The number of rotatable bonds is 13. The van der Waals surface area contributed by atoms with E-state index < -0.39 is 34.1 Å². The third-order valence-corrected chi connectivity index (χ3v) is 9.54. The number of halogens is 1. The van der Waals surface area contributed by atoms with Crippen molar-refractivity contribution < 1.29 is 27.5 Å². The van der Waals surface area contributed by atoms with Crippen LogP contribution in [0.2, 0.25) is 0 Å². The zero-order valence-corrected chi connectivity index (χ0v) is 29.5. The third kappa shape index (κ3) is 9.36. The van der Waals surface area contributed by atoms with Crippen LogP contribution in [-0.2, 0) is 32.6 Å². The highest BCUT2D eigenvalue weighted by atomic mass is 79.9. The number of anilines is 1. The van der Waals surface area contributed by atoms with Crippen LogP contribution in [0.5, 0.6) is 11.5 Å². The van der Waals surface area contributed by atoms with E-state index >= 15 is 0 Å². The Morgan fingerprint density at radius 1 is 0.809 bits per heavy atom. The molecular formula is C36H40BrN3O6S. The minimum atomic E-state index is -4.31. The molecule has 0 saturated heterocycles. The maximum absolute atomic E-state index is 14.6. The zero-order valence-electron chi connectivity index (χ0n) is 27.1. The molecule has 0 heterocycles. The van der Waals surface area contributed by atoms with Gasteiger partial charge in [0.15, 0.2) is 11.5 Å². The molecule has 4 rings (SSSR count). The molecule has 0 saturated carbocycles. The number of ether oxygens (including phenoxy) is 2. The highest BCUT2D eigenvalue weighted by molar-refractivity contribution is 9.10. The van der Waals surface area contributed by atoms with Crippen LogP contribution >= 0.6 is 15.9 Å². The highest BCUT2D eigenvalue weighted by Gasteiger charge is 2.36.